The van der Waals surface area contributed by atoms with Crippen LogP contribution >= 0.6 is 0 Å². The van der Waals surface area contributed by atoms with Crippen molar-refractivity contribution in [1.29, 1.82) is 0 Å². The molecule has 0 aliphatic heterocycles. The molecular formula is C9H12O. The Balaban J connectivity index is 2.44. The van der Waals surface area contributed by atoms with Gasteiger partial charge in [0.2, 0.25) is 0 Å². The maximum atomic E-state index is 8.81. The Morgan fingerprint density at radius 2 is 2.00 bits per heavy atom. The maximum Gasteiger partial charge on any atom is 0.0564 e. The van der Waals surface area contributed by atoms with Crippen molar-refractivity contribution in [2.24, 2.45) is 0 Å². The van der Waals surface area contributed by atoms with Crippen molar-refractivity contribution < 1.29 is 7.85 Å². The van der Waals surface area contributed by atoms with Crippen LogP contribution in [0.25, 0.3) is 0 Å². The molecule has 0 saturated carbocycles. The van der Waals surface area contributed by atoms with Crippen LogP contribution in [-0.2, 0) is 6.42 Å². The van der Waals surface area contributed by atoms with E-state index in [0.29, 0.717) is 6.42 Å². The first kappa shape index (κ1) is 4.91. The predicted molar refractivity (Wildman–Crippen MR) is 41.8 cm³/mol. The van der Waals surface area contributed by atoms with Crippen LogP contribution in [0.15, 0.2) is 30.3 Å². The molecule has 1 nitrogen and oxygen atoms in total. The van der Waals surface area contributed by atoms with E-state index in [9.17, 15) is 0 Å². The average molecular weight is 138 g/mol. The number of hydrogen-bond acceptors (Lipinski definition) is 1. The highest BCUT2D eigenvalue weighted by molar-refractivity contribution is 5.14. The van der Waals surface area contributed by atoms with Gasteiger partial charge in [-0.3, -0.25) is 0 Å². The van der Waals surface area contributed by atoms with E-state index in [-0.39, 0.29) is 6.42 Å². The first-order chi connectivity index (χ1) is 5.58. The van der Waals surface area contributed by atoms with Crippen molar-refractivity contribution in [3.05, 3.63) is 35.9 Å². The SMILES string of the molecule is [2H]C([2H])(O)CCc1ccccc1. The third-order valence-electron chi connectivity index (χ3n) is 1.37. The summed E-state index contributed by atoms with van der Waals surface area (Å²) in [6, 6.07) is 9.57. The van der Waals surface area contributed by atoms with E-state index in [1.54, 1.807) is 0 Å². The standard InChI is InChI=1S/C9H12O/c10-8-4-7-9-5-2-1-3-6-9/h1-3,5-6,10H,4,7-8H2/i8D2. The Kier molecular flexibility index (Phi) is 2.00. The number of benzene rings is 1. The second-order valence-corrected chi connectivity index (χ2v) is 2.14. The fraction of sp³-hybridized carbons (Fsp3) is 0.333. The molecule has 54 valence electrons. The highest BCUT2D eigenvalue weighted by atomic mass is 16.2. The Hall–Kier alpha value is -0.820. The van der Waals surface area contributed by atoms with Crippen molar-refractivity contribution in [2.45, 2.75) is 12.8 Å². The third kappa shape index (κ3) is 2.19. The molecular weight excluding hydrogens is 124 g/mol. The Bertz CT molecular complexity index is 228. The number of aryl methyl sites for hydroxylation is 1. The summed E-state index contributed by atoms with van der Waals surface area (Å²) < 4.78 is 13.8. The molecule has 1 aromatic rings. The Labute approximate surface area is 64.1 Å². The van der Waals surface area contributed by atoms with E-state index >= 15 is 0 Å². The van der Waals surface area contributed by atoms with Gasteiger partial charge in [0.25, 0.3) is 0 Å². The molecule has 0 saturated heterocycles. The summed E-state index contributed by atoms with van der Waals surface area (Å²) >= 11 is 0. The van der Waals surface area contributed by atoms with Gasteiger partial charge in [0, 0.05) is 6.56 Å². The molecule has 0 atom stereocenters. The van der Waals surface area contributed by atoms with Gasteiger partial charge >= 0.3 is 0 Å². The van der Waals surface area contributed by atoms with Crippen LogP contribution in [0.3, 0.4) is 0 Å². The van der Waals surface area contributed by atoms with Crippen LogP contribution < -0.4 is 0 Å². The molecule has 0 amide bonds. The molecule has 0 bridgehead atoms. The lowest BCUT2D eigenvalue weighted by Gasteiger charge is -1.96. The fourth-order valence-electron chi connectivity index (χ4n) is 0.845. The molecule has 0 heterocycles. The summed E-state index contributed by atoms with van der Waals surface area (Å²) in [6.07, 6.45) is 0.724. The van der Waals surface area contributed by atoms with Crippen LogP contribution in [0.5, 0.6) is 0 Å². The molecule has 1 aromatic carbocycles. The predicted octanol–water partition coefficient (Wildman–Crippen LogP) is 1.61. The smallest absolute Gasteiger partial charge is 0.0564 e. The van der Waals surface area contributed by atoms with Crippen molar-refractivity contribution >= 4 is 0 Å². The van der Waals surface area contributed by atoms with Crippen molar-refractivity contribution in [2.75, 3.05) is 6.56 Å². The van der Waals surface area contributed by atoms with Crippen LogP contribution in [0.2, 0.25) is 0 Å². The molecule has 1 rings (SSSR count). The largest absolute Gasteiger partial charge is 0.396 e. The summed E-state index contributed by atoms with van der Waals surface area (Å²) in [5.41, 5.74) is 1.05. The molecule has 0 fully saturated rings. The molecule has 0 aromatic heterocycles. The number of rotatable bonds is 3. The van der Waals surface area contributed by atoms with E-state index in [1.807, 2.05) is 30.3 Å². The number of aliphatic hydroxyl groups is 1. The molecule has 0 radical (unpaired) electrons. The van der Waals surface area contributed by atoms with E-state index in [0.717, 1.165) is 5.56 Å². The first-order valence-corrected chi connectivity index (χ1v) is 3.34. The van der Waals surface area contributed by atoms with Crippen molar-refractivity contribution in [1.82, 2.24) is 0 Å². The normalized spacial score (nSPS) is 14.1. The van der Waals surface area contributed by atoms with Crippen molar-refractivity contribution in [3.8, 4) is 0 Å². The second kappa shape index (κ2) is 4.07. The van der Waals surface area contributed by atoms with Gasteiger partial charge in [-0.05, 0) is 18.4 Å². The zero-order chi connectivity index (χ0) is 9.03. The summed E-state index contributed by atoms with van der Waals surface area (Å²) in [7, 11) is 0. The van der Waals surface area contributed by atoms with Crippen LogP contribution in [-0.4, -0.2) is 11.7 Å². The van der Waals surface area contributed by atoms with Gasteiger partial charge in [-0.25, -0.2) is 0 Å². The van der Waals surface area contributed by atoms with Crippen LogP contribution in [0.1, 0.15) is 14.7 Å². The molecule has 1 N–H and O–H groups in total. The first-order valence-electron chi connectivity index (χ1n) is 4.34. The minimum atomic E-state index is -2.05. The van der Waals surface area contributed by atoms with Gasteiger partial charge in [-0.2, -0.15) is 0 Å². The number of hydrogen-bond donors (Lipinski definition) is 1. The van der Waals surface area contributed by atoms with E-state index < -0.39 is 6.56 Å². The molecule has 10 heavy (non-hydrogen) atoms. The molecule has 0 unspecified atom stereocenters. The third-order valence-corrected chi connectivity index (χ3v) is 1.37. The zero-order valence-electron chi connectivity index (χ0n) is 7.75. The minimum Gasteiger partial charge on any atom is -0.396 e. The molecule has 1 heteroatoms. The van der Waals surface area contributed by atoms with Crippen LogP contribution in [0, 0.1) is 0 Å². The fourth-order valence-corrected chi connectivity index (χ4v) is 0.845. The molecule has 0 aliphatic carbocycles. The van der Waals surface area contributed by atoms with E-state index in [1.165, 1.54) is 0 Å². The lowest BCUT2D eigenvalue weighted by molar-refractivity contribution is 0.288. The lowest BCUT2D eigenvalue weighted by Crippen LogP contribution is -1.87. The van der Waals surface area contributed by atoms with Gasteiger partial charge in [0.05, 0.1) is 2.74 Å². The average Bonchev–Trinajstić information content (AvgIpc) is 2.02. The maximum absolute atomic E-state index is 8.81. The highest BCUT2D eigenvalue weighted by Gasteiger charge is 1.87. The highest BCUT2D eigenvalue weighted by Crippen LogP contribution is 2.00. The van der Waals surface area contributed by atoms with Gasteiger partial charge < -0.3 is 5.11 Å². The zero-order valence-corrected chi connectivity index (χ0v) is 5.75. The molecule has 0 aliphatic rings. The van der Waals surface area contributed by atoms with Gasteiger partial charge in [-0.15, -0.1) is 0 Å². The summed E-state index contributed by atoms with van der Waals surface area (Å²) in [6.45, 7) is -2.05. The topological polar surface area (TPSA) is 20.2 Å². The second-order valence-electron chi connectivity index (χ2n) is 2.14. The van der Waals surface area contributed by atoms with Gasteiger partial charge in [0.1, 0.15) is 0 Å². The van der Waals surface area contributed by atoms with Crippen LogP contribution in [0.4, 0.5) is 0 Å². The van der Waals surface area contributed by atoms with Gasteiger partial charge in [0.15, 0.2) is 0 Å². The molecule has 0 spiro atoms. The van der Waals surface area contributed by atoms with E-state index in [4.69, 9.17) is 7.85 Å². The van der Waals surface area contributed by atoms with Gasteiger partial charge in [-0.1, -0.05) is 30.3 Å². The summed E-state index contributed by atoms with van der Waals surface area (Å²) in [5, 5.41) is 8.81. The summed E-state index contributed by atoms with van der Waals surface area (Å²) in [5.74, 6) is 0. The monoisotopic (exact) mass is 138 g/mol. The Morgan fingerprint density at radius 1 is 1.30 bits per heavy atom. The minimum absolute atomic E-state index is 0.150. The van der Waals surface area contributed by atoms with E-state index in [2.05, 4.69) is 0 Å². The quantitative estimate of drug-likeness (QED) is 0.672. The lowest BCUT2D eigenvalue weighted by atomic mass is 10.1. The Morgan fingerprint density at radius 3 is 2.60 bits per heavy atom. The summed E-state index contributed by atoms with van der Waals surface area (Å²) in [4.78, 5) is 0. The van der Waals surface area contributed by atoms with Crippen molar-refractivity contribution in [3.63, 3.8) is 0 Å².